The van der Waals surface area contributed by atoms with E-state index in [9.17, 15) is 4.79 Å². The Bertz CT molecular complexity index is 220. The van der Waals surface area contributed by atoms with E-state index in [-0.39, 0.29) is 29.8 Å². The monoisotopic (exact) mass is 202 g/mol. The van der Waals surface area contributed by atoms with Crippen LogP contribution in [-0.2, 0) is 4.79 Å². The van der Waals surface area contributed by atoms with Gasteiger partial charge in [-0.05, 0) is 6.42 Å². The van der Waals surface area contributed by atoms with E-state index < -0.39 is 0 Å². The summed E-state index contributed by atoms with van der Waals surface area (Å²) in [5.74, 6) is 0.207. The van der Waals surface area contributed by atoms with Crippen LogP contribution in [0.1, 0.15) is 12.8 Å². The van der Waals surface area contributed by atoms with Crippen LogP contribution in [0.4, 0.5) is 0 Å². The lowest BCUT2D eigenvalue weighted by atomic mass is 10.1. The number of nitrogens with two attached hydrogens (primary N) is 1. The van der Waals surface area contributed by atoms with Gasteiger partial charge in [-0.3, -0.25) is 4.79 Å². The molecule has 0 radical (unpaired) electrons. The highest BCUT2D eigenvalue weighted by molar-refractivity contribution is 7.80. The normalized spacial score (nSPS) is 21.9. The molecule has 13 heavy (non-hydrogen) atoms. The molecule has 1 heterocycles. The Morgan fingerprint density at radius 2 is 2.38 bits per heavy atom. The summed E-state index contributed by atoms with van der Waals surface area (Å²) in [5, 5.41) is 8.86. The fourth-order valence-corrected chi connectivity index (χ4v) is 1.59. The molecule has 0 aromatic heterocycles. The fourth-order valence-electron chi connectivity index (χ4n) is 1.47. The molecule has 0 bridgehead atoms. The Morgan fingerprint density at radius 3 is 2.85 bits per heavy atom. The third-order valence-electron chi connectivity index (χ3n) is 2.22. The number of carbonyl (C=O) groups is 1. The molecular weight excluding hydrogens is 188 g/mol. The van der Waals surface area contributed by atoms with Gasteiger partial charge in [0.15, 0.2) is 0 Å². The molecule has 0 spiro atoms. The molecule has 1 fully saturated rings. The number of hydrogen-bond acceptors (Lipinski definition) is 3. The van der Waals surface area contributed by atoms with Crippen molar-refractivity contribution in [2.75, 3.05) is 19.7 Å². The number of carbonyl (C=O) groups excluding carboxylic acids is 1. The molecule has 0 aliphatic carbocycles. The second-order valence-electron chi connectivity index (χ2n) is 3.32. The first-order chi connectivity index (χ1) is 6.13. The van der Waals surface area contributed by atoms with Crippen molar-refractivity contribution in [3.63, 3.8) is 0 Å². The maximum absolute atomic E-state index is 11.4. The molecule has 5 heteroatoms. The standard InChI is InChI=1S/C8H14N2O2S/c9-7(13)3-8(12)10-2-1-6(4-10)5-11/h6,11H,1-5H2,(H2,9,13). The second-order valence-corrected chi connectivity index (χ2v) is 3.84. The van der Waals surface area contributed by atoms with E-state index in [0.29, 0.717) is 13.1 Å². The van der Waals surface area contributed by atoms with Gasteiger partial charge in [0.1, 0.15) is 0 Å². The number of likely N-dealkylation sites (tertiary alicyclic amines) is 1. The molecule has 1 amide bonds. The van der Waals surface area contributed by atoms with E-state index in [1.54, 1.807) is 4.90 Å². The van der Waals surface area contributed by atoms with Crippen molar-refractivity contribution >= 4 is 23.1 Å². The zero-order chi connectivity index (χ0) is 9.84. The lowest BCUT2D eigenvalue weighted by Gasteiger charge is -2.15. The lowest BCUT2D eigenvalue weighted by molar-refractivity contribution is -0.128. The van der Waals surface area contributed by atoms with E-state index in [4.69, 9.17) is 10.8 Å². The van der Waals surface area contributed by atoms with Gasteiger partial charge in [0.2, 0.25) is 5.91 Å². The average molecular weight is 202 g/mol. The van der Waals surface area contributed by atoms with Crippen LogP contribution >= 0.6 is 12.2 Å². The van der Waals surface area contributed by atoms with Gasteiger partial charge in [-0.25, -0.2) is 0 Å². The highest BCUT2D eigenvalue weighted by Crippen LogP contribution is 2.15. The van der Waals surface area contributed by atoms with Crippen molar-refractivity contribution in [1.82, 2.24) is 4.90 Å². The van der Waals surface area contributed by atoms with Crippen molar-refractivity contribution in [3.8, 4) is 0 Å². The van der Waals surface area contributed by atoms with Gasteiger partial charge in [0.25, 0.3) is 0 Å². The summed E-state index contributed by atoms with van der Waals surface area (Å²) in [4.78, 5) is 13.3. The largest absolute Gasteiger partial charge is 0.396 e. The summed E-state index contributed by atoms with van der Waals surface area (Å²) in [6.07, 6.45) is 1.02. The molecule has 1 aliphatic rings. The quantitative estimate of drug-likeness (QED) is 0.606. The molecule has 1 saturated heterocycles. The van der Waals surface area contributed by atoms with Crippen LogP contribution < -0.4 is 5.73 Å². The van der Waals surface area contributed by atoms with Crippen LogP contribution in [0.2, 0.25) is 0 Å². The van der Waals surface area contributed by atoms with E-state index in [2.05, 4.69) is 12.2 Å². The van der Waals surface area contributed by atoms with Crippen LogP contribution in [-0.4, -0.2) is 40.6 Å². The smallest absolute Gasteiger partial charge is 0.229 e. The Balaban J connectivity index is 2.37. The van der Waals surface area contributed by atoms with Gasteiger partial charge in [0, 0.05) is 25.6 Å². The minimum Gasteiger partial charge on any atom is -0.396 e. The van der Waals surface area contributed by atoms with Gasteiger partial charge < -0.3 is 15.7 Å². The molecule has 1 unspecified atom stereocenters. The maximum atomic E-state index is 11.4. The number of aliphatic hydroxyl groups is 1. The number of rotatable bonds is 3. The summed E-state index contributed by atoms with van der Waals surface area (Å²) >= 11 is 4.65. The molecule has 3 N–H and O–H groups in total. The van der Waals surface area contributed by atoms with Gasteiger partial charge in [-0.2, -0.15) is 0 Å². The van der Waals surface area contributed by atoms with Crippen LogP contribution in [0.25, 0.3) is 0 Å². The molecule has 74 valence electrons. The third kappa shape index (κ3) is 2.93. The van der Waals surface area contributed by atoms with Gasteiger partial charge in [-0.15, -0.1) is 0 Å². The molecule has 4 nitrogen and oxygen atoms in total. The van der Waals surface area contributed by atoms with Gasteiger partial charge in [0.05, 0.1) is 11.4 Å². The Labute approximate surface area is 82.7 Å². The van der Waals surface area contributed by atoms with Crippen molar-refractivity contribution in [3.05, 3.63) is 0 Å². The molecule has 0 aromatic carbocycles. The van der Waals surface area contributed by atoms with Crippen molar-refractivity contribution in [2.24, 2.45) is 11.7 Å². The topological polar surface area (TPSA) is 66.6 Å². The number of nitrogens with zero attached hydrogens (tertiary/aromatic N) is 1. The van der Waals surface area contributed by atoms with E-state index in [1.807, 2.05) is 0 Å². The van der Waals surface area contributed by atoms with Crippen LogP contribution in [0.15, 0.2) is 0 Å². The summed E-state index contributed by atoms with van der Waals surface area (Å²) < 4.78 is 0. The van der Waals surface area contributed by atoms with Crippen LogP contribution in [0.3, 0.4) is 0 Å². The Kier molecular flexibility index (Phi) is 3.62. The first-order valence-corrected chi connectivity index (χ1v) is 4.71. The molecule has 0 saturated carbocycles. The minimum atomic E-state index is -0.0246. The molecule has 0 aromatic rings. The Morgan fingerprint density at radius 1 is 1.69 bits per heavy atom. The van der Waals surface area contributed by atoms with Crippen molar-refractivity contribution < 1.29 is 9.90 Å². The van der Waals surface area contributed by atoms with Gasteiger partial charge >= 0.3 is 0 Å². The molecule has 1 rings (SSSR count). The van der Waals surface area contributed by atoms with Crippen molar-refractivity contribution in [1.29, 1.82) is 0 Å². The summed E-state index contributed by atoms with van der Waals surface area (Å²) in [7, 11) is 0. The van der Waals surface area contributed by atoms with Crippen LogP contribution in [0, 0.1) is 5.92 Å². The summed E-state index contributed by atoms with van der Waals surface area (Å²) in [6.45, 7) is 1.50. The predicted molar refractivity (Wildman–Crippen MR) is 53.2 cm³/mol. The van der Waals surface area contributed by atoms with Crippen molar-refractivity contribution in [2.45, 2.75) is 12.8 Å². The average Bonchev–Trinajstić information content (AvgIpc) is 2.50. The zero-order valence-electron chi connectivity index (χ0n) is 7.40. The lowest BCUT2D eigenvalue weighted by Crippen LogP contribution is -2.31. The zero-order valence-corrected chi connectivity index (χ0v) is 8.22. The Hall–Kier alpha value is -0.680. The van der Waals surface area contributed by atoms with Gasteiger partial charge in [-0.1, -0.05) is 12.2 Å². The third-order valence-corrected chi connectivity index (χ3v) is 2.37. The molecule has 1 atom stereocenters. The number of hydrogen-bond donors (Lipinski definition) is 2. The minimum absolute atomic E-state index is 0.0246. The first kappa shape index (κ1) is 10.4. The summed E-state index contributed by atoms with van der Waals surface area (Å²) in [5.41, 5.74) is 5.26. The first-order valence-electron chi connectivity index (χ1n) is 4.30. The maximum Gasteiger partial charge on any atom is 0.229 e. The van der Waals surface area contributed by atoms with E-state index >= 15 is 0 Å². The SMILES string of the molecule is NC(=S)CC(=O)N1CCC(CO)C1. The van der Waals surface area contributed by atoms with E-state index in [1.165, 1.54) is 0 Å². The van der Waals surface area contributed by atoms with E-state index in [0.717, 1.165) is 6.42 Å². The second kappa shape index (κ2) is 4.53. The highest BCUT2D eigenvalue weighted by Gasteiger charge is 2.25. The fraction of sp³-hybridized carbons (Fsp3) is 0.750. The number of thiocarbonyl (C=S) groups is 1. The molecular formula is C8H14N2O2S. The summed E-state index contributed by atoms with van der Waals surface area (Å²) in [6, 6.07) is 0. The molecule has 1 aliphatic heterocycles. The number of amides is 1. The number of aliphatic hydroxyl groups excluding tert-OH is 1. The highest BCUT2D eigenvalue weighted by atomic mass is 32.1. The van der Waals surface area contributed by atoms with Crippen LogP contribution in [0.5, 0.6) is 0 Å². The predicted octanol–water partition coefficient (Wildman–Crippen LogP) is -0.497.